The van der Waals surface area contributed by atoms with E-state index in [0.29, 0.717) is 12.2 Å². The van der Waals surface area contributed by atoms with Crippen LogP contribution < -0.4 is 15.1 Å². The molecule has 0 unspecified atom stereocenters. The van der Waals surface area contributed by atoms with Gasteiger partial charge in [-0.05, 0) is 31.4 Å². The number of hydrogen-bond acceptors (Lipinski definition) is 7. The Morgan fingerprint density at radius 2 is 2.12 bits per heavy atom. The summed E-state index contributed by atoms with van der Waals surface area (Å²) in [7, 11) is 1.46. The standard InChI is InChI=1S/C26H26N2O5/c1-3-15-14-27-10-9-25-13-20-23(19(29)8-11-32-20)33-26(25)21(27)12-16(15)22(24(30)31-2)28(26)18-7-5-4-6-17(18)25/h3-8,11,16,21-22H,9-10,12-14H2,1-2H3/t16-,21-,22-,25-,26-/m0/s1. The highest BCUT2D eigenvalue weighted by Crippen LogP contribution is 2.66. The summed E-state index contributed by atoms with van der Waals surface area (Å²) in [4.78, 5) is 31.0. The Bertz CT molecular complexity index is 1280. The van der Waals surface area contributed by atoms with Crippen LogP contribution in [0.25, 0.3) is 0 Å². The molecule has 7 nitrogen and oxygen atoms in total. The number of methoxy groups -OCH3 is 1. The average Bonchev–Trinajstić information content (AvgIpc) is 3.10. The first-order valence-corrected chi connectivity index (χ1v) is 11.7. The van der Waals surface area contributed by atoms with E-state index in [-0.39, 0.29) is 29.1 Å². The Kier molecular flexibility index (Phi) is 3.70. The number of allylic oxidation sites excluding steroid dienone is 1. The van der Waals surface area contributed by atoms with Gasteiger partial charge in [0.25, 0.3) is 0 Å². The predicted octanol–water partition coefficient (Wildman–Crippen LogP) is 2.62. The molecule has 0 radical (unpaired) electrons. The molecule has 3 fully saturated rings. The molecular weight excluding hydrogens is 420 g/mol. The summed E-state index contributed by atoms with van der Waals surface area (Å²) >= 11 is 0. The van der Waals surface area contributed by atoms with Crippen LogP contribution in [0.2, 0.25) is 0 Å². The number of para-hydroxylation sites is 1. The van der Waals surface area contributed by atoms with Gasteiger partial charge in [0.05, 0.1) is 24.8 Å². The van der Waals surface area contributed by atoms with E-state index in [4.69, 9.17) is 13.9 Å². The topological polar surface area (TPSA) is 72.2 Å². The fourth-order valence-electron chi connectivity index (χ4n) is 7.66. The van der Waals surface area contributed by atoms with Crippen molar-refractivity contribution in [1.82, 2.24) is 4.90 Å². The zero-order valence-electron chi connectivity index (χ0n) is 18.7. The lowest BCUT2D eigenvalue weighted by molar-refractivity contribution is -0.172. The zero-order valence-corrected chi connectivity index (χ0v) is 18.7. The van der Waals surface area contributed by atoms with Gasteiger partial charge in [-0.25, -0.2) is 4.79 Å². The molecule has 1 aromatic heterocycles. The fraction of sp³-hybridized carbons (Fsp3) is 0.462. The minimum absolute atomic E-state index is 0.0356. The van der Waals surface area contributed by atoms with Crippen LogP contribution >= 0.6 is 0 Å². The number of rotatable bonds is 1. The molecule has 6 heterocycles. The van der Waals surface area contributed by atoms with Gasteiger partial charge in [0.2, 0.25) is 16.9 Å². The van der Waals surface area contributed by atoms with Gasteiger partial charge in [-0.1, -0.05) is 29.8 Å². The van der Waals surface area contributed by atoms with Crippen molar-refractivity contribution in [3.8, 4) is 5.75 Å². The molecule has 170 valence electrons. The number of esters is 1. The van der Waals surface area contributed by atoms with E-state index in [1.165, 1.54) is 30.6 Å². The summed E-state index contributed by atoms with van der Waals surface area (Å²) in [6.45, 7) is 3.79. The van der Waals surface area contributed by atoms with Crippen molar-refractivity contribution in [3.63, 3.8) is 0 Å². The van der Waals surface area contributed by atoms with E-state index < -0.39 is 17.2 Å². The number of ether oxygens (including phenoxy) is 2. The van der Waals surface area contributed by atoms with Crippen LogP contribution in [0.15, 0.2) is 57.5 Å². The number of fused-ring (bicyclic) bond motifs is 4. The van der Waals surface area contributed by atoms with Crippen LogP contribution in [0.1, 0.15) is 31.1 Å². The lowest BCUT2D eigenvalue weighted by Gasteiger charge is -2.67. The maximum absolute atomic E-state index is 13.4. The number of hydrogen-bond donors (Lipinski definition) is 0. The molecule has 0 N–H and O–H groups in total. The molecule has 5 atom stereocenters. The number of piperidine rings is 3. The second-order valence-corrected chi connectivity index (χ2v) is 9.89. The molecule has 5 aliphatic heterocycles. The highest BCUT2D eigenvalue weighted by molar-refractivity contribution is 5.86. The van der Waals surface area contributed by atoms with Gasteiger partial charge in [0.1, 0.15) is 6.04 Å². The van der Waals surface area contributed by atoms with Gasteiger partial charge in [-0.2, -0.15) is 0 Å². The monoisotopic (exact) mass is 446 g/mol. The second-order valence-electron chi connectivity index (χ2n) is 9.89. The van der Waals surface area contributed by atoms with Crippen molar-refractivity contribution >= 4 is 11.7 Å². The van der Waals surface area contributed by atoms with Crippen LogP contribution in [0.5, 0.6) is 5.75 Å². The maximum Gasteiger partial charge on any atom is 0.329 e. The largest absolute Gasteiger partial charge is 0.467 e. The highest BCUT2D eigenvalue weighted by Gasteiger charge is 2.77. The minimum atomic E-state index is -0.868. The summed E-state index contributed by atoms with van der Waals surface area (Å²) in [5.41, 5.74) is 1.98. The van der Waals surface area contributed by atoms with Crippen molar-refractivity contribution in [3.05, 3.63) is 69.8 Å². The van der Waals surface area contributed by atoms with E-state index in [1.807, 2.05) is 6.07 Å². The lowest BCUT2D eigenvalue weighted by Crippen LogP contribution is -2.83. The molecule has 7 heteroatoms. The van der Waals surface area contributed by atoms with E-state index in [1.54, 1.807) is 0 Å². The molecule has 0 amide bonds. The molecule has 1 spiro atoms. The molecular formula is C26H26N2O5. The van der Waals surface area contributed by atoms with Crippen LogP contribution in [-0.2, 0) is 21.4 Å². The quantitative estimate of drug-likeness (QED) is 0.493. The number of nitrogens with zero attached hydrogens (tertiary/aromatic N) is 2. The first-order valence-electron chi connectivity index (χ1n) is 11.7. The van der Waals surface area contributed by atoms with E-state index in [9.17, 15) is 9.59 Å². The van der Waals surface area contributed by atoms with Crippen LogP contribution in [-0.4, -0.2) is 48.9 Å². The molecule has 33 heavy (non-hydrogen) atoms. The third-order valence-corrected chi connectivity index (χ3v) is 8.88. The molecule has 2 aromatic rings. The second kappa shape index (κ2) is 6.29. The Labute approximate surface area is 191 Å². The van der Waals surface area contributed by atoms with Gasteiger partial charge in [-0.15, -0.1) is 0 Å². The van der Waals surface area contributed by atoms with Gasteiger partial charge < -0.3 is 18.8 Å². The van der Waals surface area contributed by atoms with Crippen molar-refractivity contribution in [2.45, 2.75) is 49.4 Å². The molecule has 0 aliphatic carbocycles. The smallest absolute Gasteiger partial charge is 0.329 e. The maximum atomic E-state index is 13.4. The number of benzene rings is 1. The summed E-state index contributed by atoms with van der Waals surface area (Å²) in [5.74, 6) is 0.659. The fourth-order valence-corrected chi connectivity index (χ4v) is 7.66. The molecule has 1 aromatic carbocycles. The average molecular weight is 447 g/mol. The van der Waals surface area contributed by atoms with E-state index in [2.05, 4.69) is 41.0 Å². The van der Waals surface area contributed by atoms with Gasteiger partial charge in [0.15, 0.2) is 5.76 Å². The Morgan fingerprint density at radius 1 is 1.27 bits per heavy atom. The highest BCUT2D eigenvalue weighted by atomic mass is 16.5. The minimum Gasteiger partial charge on any atom is -0.467 e. The summed E-state index contributed by atoms with van der Waals surface area (Å²) in [6.07, 6.45) is 5.83. The summed E-state index contributed by atoms with van der Waals surface area (Å²) in [6, 6.07) is 9.26. The molecule has 3 saturated heterocycles. The normalized spacial score (nSPS) is 36.5. The molecule has 2 bridgehead atoms. The zero-order chi connectivity index (χ0) is 22.5. The van der Waals surface area contributed by atoms with Crippen molar-refractivity contribution in [1.29, 1.82) is 0 Å². The van der Waals surface area contributed by atoms with E-state index in [0.717, 1.165) is 31.6 Å². The third kappa shape index (κ3) is 2.06. The van der Waals surface area contributed by atoms with Crippen molar-refractivity contribution in [2.75, 3.05) is 25.1 Å². The van der Waals surface area contributed by atoms with Crippen LogP contribution in [0.3, 0.4) is 0 Å². The first kappa shape index (κ1) is 19.4. The van der Waals surface area contributed by atoms with Gasteiger partial charge in [0, 0.05) is 37.2 Å². The molecule has 5 aliphatic rings. The Balaban J connectivity index is 1.57. The molecule has 7 rings (SSSR count). The summed E-state index contributed by atoms with van der Waals surface area (Å²) < 4.78 is 18.2. The SMILES string of the molecule is CC=C1CN2CC[C@@]34Cc5occc(=O)c5O[C@@]35[C@@H]2C[C@@H]1[C@@H](C(=O)OC)N5c1ccccc14. The van der Waals surface area contributed by atoms with Crippen LogP contribution in [0.4, 0.5) is 5.69 Å². The van der Waals surface area contributed by atoms with Gasteiger partial charge >= 0.3 is 5.97 Å². The van der Waals surface area contributed by atoms with Crippen LogP contribution in [0, 0.1) is 5.92 Å². The molecule has 0 saturated carbocycles. The number of carbonyl (C=O) groups excluding carboxylic acids is 1. The Morgan fingerprint density at radius 3 is 2.94 bits per heavy atom. The summed E-state index contributed by atoms with van der Waals surface area (Å²) in [5, 5.41) is 0. The lowest BCUT2D eigenvalue weighted by atomic mass is 9.58. The Hall–Kier alpha value is -3.06. The predicted molar refractivity (Wildman–Crippen MR) is 120 cm³/mol. The number of anilines is 1. The number of carbonyl (C=O) groups is 1. The van der Waals surface area contributed by atoms with E-state index >= 15 is 0 Å². The first-order chi connectivity index (χ1) is 16.1. The van der Waals surface area contributed by atoms with Crippen molar-refractivity contribution < 1.29 is 18.7 Å². The van der Waals surface area contributed by atoms with Crippen molar-refractivity contribution in [2.24, 2.45) is 5.92 Å². The third-order valence-electron chi connectivity index (χ3n) is 8.88. The van der Waals surface area contributed by atoms with Gasteiger partial charge in [-0.3, -0.25) is 9.69 Å².